The van der Waals surface area contributed by atoms with Crippen molar-refractivity contribution >= 4 is 17.7 Å². The van der Waals surface area contributed by atoms with E-state index in [2.05, 4.69) is 10.1 Å². The number of halogens is 2. The number of carbonyl (C=O) groups excluding carboxylic acids is 1. The van der Waals surface area contributed by atoms with Gasteiger partial charge in [0.1, 0.15) is 11.6 Å². The van der Waals surface area contributed by atoms with Gasteiger partial charge in [-0.15, -0.1) is 0 Å². The zero-order chi connectivity index (χ0) is 21.1. The average Bonchev–Trinajstić information content (AvgIpc) is 2.65. The number of nitro benzene ring substituents is 1. The van der Waals surface area contributed by atoms with Crippen LogP contribution < -0.4 is 14.8 Å². The summed E-state index contributed by atoms with van der Waals surface area (Å²) in [7, 11) is 1.16. The number of methoxy groups -OCH3 is 1. The van der Waals surface area contributed by atoms with E-state index in [1.807, 2.05) is 6.92 Å². The Morgan fingerprint density at radius 3 is 2.68 bits per heavy atom. The van der Waals surface area contributed by atoms with E-state index in [9.17, 15) is 29.0 Å². The van der Waals surface area contributed by atoms with Crippen molar-refractivity contribution in [3.8, 4) is 17.6 Å². The van der Waals surface area contributed by atoms with Crippen LogP contribution >= 0.6 is 0 Å². The van der Waals surface area contributed by atoms with E-state index in [-0.39, 0.29) is 17.9 Å². The molecule has 0 saturated heterocycles. The molecule has 11 heteroatoms. The molecule has 0 atom stereocenters. The Hall–Kier alpha value is -3.26. The number of hydrogen-bond donors (Lipinski definition) is 1. The topological polar surface area (TPSA) is 124 Å². The first-order valence-electron chi connectivity index (χ1n) is 8.13. The summed E-state index contributed by atoms with van der Waals surface area (Å²) in [4.78, 5) is 22.5. The number of benzene rings is 1. The van der Waals surface area contributed by atoms with Gasteiger partial charge in [0.15, 0.2) is 11.5 Å². The monoisotopic (exact) mass is 399 g/mol. The van der Waals surface area contributed by atoms with Gasteiger partial charge in [-0.25, -0.2) is 0 Å². The highest BCUT2D eigenvalue weighted by Crippen LogP contribution is 2.36. The van der Waals surface area contributed by atoms with E-state index < -0.39 is 34.5 Å². The van der Waals surface area contributed by atoms with Gasteiger partial charge in [0.25, 0.3) is 11.6 Å². The number of amides is 1. The minimum atomic E-state index is -3.22. The lowest BCUT2D eigenvalue weighted by Crippen LogP contribution is -2.26. The standard InChI is InChI=1S/C17H19F2N3O6/c1-3-27-6-4-5-21-16(23)12(10-20)7-11-8-14(26-2)15(28-17(18)19)9-13(11)22(24)25/h7-9,17H,3-6H2,1-2H3,(H,21,23)/b12-7+. The second-order valence-electron chi connectivity index (χ2n) is 5.17. The predicted molar refractivity (Wildman–Crippen MR) is 94.0 cm³/mol. The lowest BCUT2D eigenvalue weighted by Gasteiger charge is -2.11. The van der Waals surface area contributed by atoms with Crippen LogP contribution in [0.15, 0.2) is 17.7 Å². The molecule has 152 valence electrons. The molecule has 0 aliphatic rings. The zero-order valence-corrected chi connectivity index (χ0v) is 15.2. The molecular formula is C17H19F2N3O6. The van der Waals surface area contributed by atoms with Crippen LogP contribution in [0.2, 0.25) is 0 Å². The Balaban J connectivity index is 3.15. The number of hydrogen-bond acceptors (Lipinski definition) is 7. The molecule has 0 radical (unpaired) electrons. The summed E-state index contributed by atoms with van der Waals surface area (Å²) in [6.45, 7) is -0.185. The van der Waals surface area contributed by atoms with Crippen LogP contribution in [0.25, 0.3) is 6.08 Å². The van der Waals surface area contributed by atoms with Crippen molar-refractivity contribution in [1.82, 2.24) is 5.32 Å². The molecule has 0 unspecified atom stereocenters. The van der Waals surface area contributed by atoms with Gasteiger partial charge in [-0.05, 0) is 25.5 Å². The summed E-state index contributed by atoms with van der Waals surface area (Å²) in [5.41, 5.74) is -1.21. The van der Waals surface area contributed by atoms with E-state index >= 15 is 0 Å². The maximum atomic E-state index is 12.5. The summed E-state index contributed by atoms with van der Waals surface area (Å²) in [6, 6.07) is 3.44. The molecule has 1 aromatic rings. The Labute approximate surface area is 159 Å². The summed E-state index contributed by atoms with van der Waals surface area (Å²) in [6.07, 6.45) is 1.50. The molecular weight excluding hydrogens is 380 g/mol. The Morgan fingerprint density at radius 1 is 1.43 bits per heavy atom. The molecule has 0 bridgehead atoms. The van der Waals surface area contributed by atoms with Crippen molar-refractivity contribution in [1.29, 1.82) is 5.26 Å². The third-order valence-electron chi connectivity index (χ3n) is 3.35. The second-order valence-corrected chi connectivity index (χ2v) is 5.17. The molecule has 28 heavy (non-hydrogen) atoms. The quantitative estimate of drug-likeness (QED) is 0.199. The van der Waals surface area contributed by atoms with E-state index in [4.69, 9.17) is 9.47 Å². The highest BCUT2D eigenvalue weighted by Gasteiger charge is 2.22. The average molecular weight is 399 g/mol. The fraction of sp³-hybridized carbons (Fsp3) is 0.412. The number of rotatable bonds is 11. The Kier molecular flexibility index (Phi) is 9.32. The Morgan fingerprint density at radius 2 is 2.14 bits per heavy atom. The van der Waals surface area contributed by atoms with E-state index in [0.717, 1.165) is 25.3 Å². The van der Waals surface area contributed by atoms with Crippen LogP contribution in [0.1, 0.15) is 18.9 Å². The first-order valence-corrected chi connectivity index (χ1v) is 8.13. The van der Waals surface area contributed by atoms with Crippen LogP contribution in [0.4, 0.5) is 14.5 Å². The smallest absolute Gasteiger partial charge is 0.387 e. The summed E-state index contributed by atoms with van der Waals surface area (Å²) in [5.74, 6) is -1.49. The molecule has 1 aromatic carbocycles. The fourth-order valence-electron chi connectivity index (χ4n) is 2.11. The molecule has 0 spiro atoms. The molecule has 0 aliphatic carbocycles. The first kappa shape index (κ1) is 22.8. The second kappa shape index (κ2) is 11.5. The predicted octanol–water partition coefficient (Wildman–Crippen LogP) is 2.65. The van der Waals surface area contributed by atoms with Crippen LogP contribution in [-0.4, -0.2) is 44.3 Å². The number of nitro groups is 1. The summed E-state index contributed by atoms with van der Waals surface area (Å²) < 4.78 is 39.2. The van der Waals surface area contributed by atoms with Crippen LogP contribution in [-0.2, 0) is 9.53 Å². The number of alkyl halides is 2. The van der Waals surface area contributed by atoms with Crippen LogP contribution in [0, 0.1) is 21.4 Å². The molecule has 0 fully saturated rings. The van der Waals surface area contributed by atoms with Gasteiger partial charge < -0.3 is 19.5 Å². The third-order valence-corrected chi connectivity index (χ3v) is 3.35. The van der Waals surface area contributed by atoms with E-state index in [0.29, 0.717) is 19.6 Å². The van der Waals surface area contributed by atoms with Gasteiger partial charge in [-0.2, -0.15) is 14.0 Å². The molecule has 0 heterocycles. The summed E-state index contributed by atoms with van der Waals surface area (Å²) >= 11 is 0. The lowest BCUT2D eigenvalue weighted by molar-refractivity contribution is -0.385. The maximum Gasteiger partial charge on any atom is 0.387 e. The normalized spacial score (nSPS) is 11.1. The lowest BCUT2D eigenvalue weighted by atomic mass is 10.1. The number of carbonyl (C=O) groups is 1. The molecule has 1 rings (SSSR count). The minimum absolute atomic E-state index is 0.176. The van der Waals surface area contributed by atoms with Gasteiger partial charge in [0, 0.05) is 19.8 Å². The largest absolute Gasteiger partial charge is 0.493 e. The van der Waals surface area contributed by atoms with Crippen molar-refractivity contribution in [2.24, 2.45) is 0 Å². The molecule has 1 N–H and O–H groups in total. The molecule has 9 nitrogen and oxygen atoms in total. The van der Waals surface area contributed by atoms with Crippen molar-refractivity contribution in [3.05, 3.63) is 33.4 Å². The van der Waals surface area contributed by atoms with Gasteiger partial charge in [0.2, 0.25) is 0 Å². The maximum absolute atomic E-state index is 12.5. The van der Waals surface area contributed by atoms with Crippen molar-refractivity contribution < 1.29 is 32.7 Å². The van der Waals surface area contributed by atoms with Gasteiger partial charge >= 0.3 is 6.61 Å². The number of ether oxygens (including phenoxy) is 3. The number of nitrogens with one attached hydrogen (secondary N) is 1. The molecule has 1 amide bonds. The van der Waals surface area contributed by atoms with E-state index in [1.54, 1.807) is 6.07 Å². The SMILES string of the molecule is CCOCCCNC(=O)/C(C#N)=C/c1cc(OC)c(OC(F)F)cc1[N+](=O)[O-]. The van der Waals surface area contributed by atoms with Crippen LogP contribution in [0.3, 0.4) is 0 Å². The number of nitriles is 1. The van der Waals surface area contributed by atoms with Crippen molar-refractivity contribution in [2.45, 2.75) is 20.0 Å². The third kappa shape index (κ3) is 6.81. The number of nitrogens with zero attached hydrogens (tertiary/aromatic N) is 2. The fourth-order valence-corrected chi connectivity index (χ4v) is 2.11. The minimum Gasteiger partial charge on any atom is -0.493 e. The molecule has 0 saturated carbocycles. The van der Waals surface area contributed by atoms with Gasteiger partial charge in [-0.3, -0.25) is 14.9 Å². The first-order chi connectivity index (χ1) is 13.3. The molecule has 0 aromatic heterocycles. The van der Waals surface area contributed by atoms with Crippen LogP contribution in [0.5, 0.6) is 11.5 Å². The highest BCUT2D eigenvalue weighted by molar-refractivity contribution is 6.02. The van der Waals surface area contributed by atoms with Gasteiger partial charge in [-0.1, -0.05) is 0 Å². The van der Waals surface area contributed by atoms with Crippen molar-refractivity contribution in [2.75, 3.05) is 26.9 Å². The summed E-state index contributed by atoms with van der Waals surface area (Å²) in [5, 5.41) is 23.0. The highest BCUT2D eigenvalue weighted by atomic mass is 19.3. The zero-order valence-electron chi connectivity index (χ0n) is 15.2. The van der Waals surface area contributed by atoms with E-state index in [1.165, 1.54) is 0 Å². The Bertz CT molecular complexity index is 777. The van der Waals surface area contributed by atoms with Gasteiger partial charge in [0.05, 0.1) is 23.7 Å². The van der Waals surface area contributed by atoms with Crippen molar-refractivity contribution in [3.63, 3.8) is 0 Å². The molecule has 0 aliphatic heterocycles.